The van der Waals surface area contributed by atoms with Gasteiger partial charge >= 0.3 is 5.97 Å². The Labute approximate surface area is 138 Å². The van der Waals surface area contributed by atoms with Gasteiger partial charge in [-0.25, -0.2) is 9.97 Å². The molecule has 0 aliphatic carbocycles. The molecule has 116 valence electrons. The lowest BCUT2D eigenvalue weighted by atomic mass is 10.2. The highest BCUT2D eigenvalue weighted by Crippen LogP contribution is 2.33. The van der Waals surface area contributed by atoms with Gasteiger partial charge < -0.3 is 10.4 Å². The largest absolute Gasteiger partial charge is 0.481 e. The molecule has 0 aliphatic heterocycles. The third-order valence-electron chi connectivity index (χ3n) is 2.80. The summed E-state index contributed by atoms with van der Waals surface area (Å²) in [5.41, 5.74) is 2.49. The van der Waals surface area contributed by atoms with Gasteiger partial charge in [0, 0.05) is 22.0 Å². The monoisotopic (exact) mass is 337 g/mol. The summed E-state index contributed by atoms with van der Waals surface area (Å²) in [6.45, 7) is 3.77. The molecule has 1 heterocycles. The fraction of sp³-hybridized carbons (Fsp3) is 0.267. The zero-order chi connectivity index (χ0) is 16.1. The average Bonchev–Trinajstić information content (AvgIpc) is 2.43. The van der Waals surface area contributed by atoms with E-state index in [0.717, 1.165) is 17.0 Å². The molecule has 22 heavy (non-hydrogen) atoms. The average molecular weight is 338 g/mol. The predicted molar refractivity (Wildman–Crippen MR) is 89.4 cm³/mol. The van der Waals surface area contributed by atoms with Gasteiger partial charge in [0.15, 0.2) is 0 Å². The van der Waals surface area contributed by atoms with Crippen LogP contribution in [-0.2, 0) is 4.79 Å². The number of aromatic nitrogens is 2. The van der Waals surface area contributed by atoms with Crippen LogP contribution in [0.25, 0.3) is 0 Å². The summed E-state index contributed by atoms with van der Waals surface area (Å²) in [6, 6.07) is 9.20. The first-order chi connectivity index (χ1) is 10.5. The number of carbonyl (C=O) groups is 1. The maximum Gasteiger partial charge on any atom is 0.313 e. The maximum atomic E-state index is 10.9. The number of carboxylic acids is 1. The van der Waals surface area contributed by atoms with E-state index in [4.69, 9.17) is 16.7 Å². The normalized spacial score (nSPS) is 12.0. The molecule has 1 atom stereocenters. The summed E-state index contributed by atoms with van der Waals surface area (Å²) >= 11 is 7.45. The fourth-order valence-electron chi connectivity index (χ4n) is 1.96. The van der Waals surface area contributed by atoms with Crippen molar-refractivity contribution in [3.05, 3.63) is 52.3 Å². The second-order valence-electron chi connectivity index (χ2n) is 4.72. The molecule has 1 aromatic heterocycles. The maximum absolute atomic E-state index is 10.9. The molecule has 1 aromatic carbocycles. The van der Waals surface area contributed by atoms with E-state index < -0.39 is 5.97 Å². The highest BCUT2D eigenvalue weighted by molar-refractivity contribution is 8.00. The molecular formula is C15H16ClN3O2S. The van der Waals surface area contributed by atoms with Crippen LogP contribution in [0, 0.1) is 13.8 Å². The van der Waals surface area contributed by atoms with Crippen LogP contribution in [0.15, 0.2) is 30.3 Å². The number of benzene rings is 1. The van der Waals surface area contributed by atoms with Crippen molar-refractivity contribution in [3.8, 4) is 0 Å². The minimum atomic E-state index is -0.884. The number of rotatable bonds is 6. The summed E-state index contributed by atoms with van der Waals surface area (Å²) in [4.78, 5) is 19.5. The van der Waals surface area contributed by atoms with E-state index in [1.807, 2.05) is 38.1 Å². The number of anilines is 1. The van der Waals surface area contributed by atoms with Gasteiger partial charge in [-0.3, -0.25) is 4.79 Å². The SMILES string of the molecule is Cc1cc(C)nc(NC(SCC(=O)O)c2ccccc2Cl)n1. The standard InChI is InChI=1S/C15H16ClN3O2S/c1-9-7-10(2)18-15(17-9)19-14(22-8-13(20)21)11-5-3-4-6-12(11)16/h3-7,14H,8H2,1-2H3,(H,20,21)(H,17,18,19). The van der Waals surface area contributed by atoms with Gasteiger partial charge in [0.05, 0.1) is 5.75 Å². The zero-order valence-electron chi connectivity index (χ0n) is 12.2. The van der Waals surface area contributed by atoms with Crippen LogP contribution in [0.4, 0.5) is 5.95 Å². The van der Waals surface area contributed by atoms with Crippen molar-refractivity contribution >= 4 is 35.3 Å². The van der Waals surface area contributed by atoms with Crippen molar-refractivity contribution in [1.29, 1.82) is 0 Å². The van der Waals surface area contributed by atoms with Crippen LogP contribution in [-0.4, -0.2) is 26.8 Å². The van der Waals surface area contributed by atoms with Crippen molar-refractivity contribution in [2.24, 2.45) is 0 Å². The summed E-state index contributed by atoms with van der Waals surface area (Å²) < 4.78 is 0. The van der Waals surface area contributed by atoms with Crippen LogP contribution in [0.3, 0.4) is 0 Å². The van der Waals surface area contributed by atoms with Crippen molar-refractivity contribution in [2.45, 2.75) is 19.2 Å². The first-order valence-electron chi connectivity index (χ1n) is 6.62. The Bertz CT molecular complexity index is 661. The Morgan fingerprint density at radius 3 is 2.55 bits per heavy atom. The topological polar surface area (TPSA) is 75.1 Å². The molecule has 7 heteroatoms. The van der Waals surface area contributed by atoms with Gasteiger partial charge in [-0.1, -0.05) is 29.8 Å². The lowest BCUT2D eigenvalue weighted by Gasteiger charge is -2.19. The second kappa shape index (κ2) is 7.47. The third kappa shape index (κ3) is 4.61. The molecule has 0 saturated heterocycles. The van der Waals surface area contributed by atoms with E-state index in [9.17, 15) is 4.79 Å². The summed E-state index contributed by atoms with van der Waals surface area (Å²) in [5, 5.41) is 12.3. The number of hydrogen-bond donors (Lipinski definition) is 2. The molecule has 2 aromatic rings. The smallest absolute Gasteiger partial charge is 0.313 e. The zero-order valence-corrected chi connectivity index (χ0v) is 13.8. The first-order valence-corrected chi connectivity index (χ1v) is 8.05. The minimum absolute atomic E-state index is 0.0479. The molecule has 0 saturated carbocycles. The van der Waals surface area contributed by atoms with Gasteiger partial charge in [-0.15, -0.1) is 11.8 Å². The molecule has 0 fully saturated rings. The number of thioether (sulfide) groups is 1. The molecular weight excluding hydrogens is 322 g/mol. The van der Waals surface area contributed by atoms with Crippen LogP contribution in [0.2, 0.25) is 5.02 Å². The van der Waals surface area contributed by atoms with E-state index in [1.165, 1.54) is 11.8 Å². The van der Waals surface area contributed by atoms with Crippen LogP contribution < -0.4 is 5.32 Å². The number of nitrogens with one attached hydrogen (secondary N) is 1. The van der Waals surface area contributed by atoms with E-state index in [2.05, 4.69) is 15.3 Å². The Kier molecular flexibility index (Phi) is 5.63. The molecule has 2 rings (SSSR count). The third-order valence-corrected chi connectivity index (χ3v) is 4.27. The molecule has 0 bridgehead atoms. The Hall–Kier alpha value is -1.79. The van der Waals surface area contributed by atoms with E-state index >= 15 is 0 Å². The number of aryl methyl sites for hydroxylation is 2. The first kappa shape index (κ1) is 16.6. The number of carboxylic acid groups (broad SMARTS) is 1. The summed E-state index contributed by atoms with van der Waals surface area (Å²) in [5.74, 6) is -0.473. The fourth-order valence-corrected chi connectivity index (χ4v) is 3.15. The van der Waals surface area contributed by atoms with Gasteiger partial charge in [0.2, 0.25) is 5.95 Å². The van der Waals surface area contributed by atoms with Crippen molar-refractivity contribution < 1.29 is 9.90 Å². The van der Waals surface area contributed by atoms with Gasteiger partial charge in [-0.2, -0.15) is 0 Å². The predicted octanol–water partition coefficient (Wildman–Crippen LogP) is 3.68. The number of nitrogens with zero attached hydrogens (tertiary/aromatic N) is 2. The molecule has 0 amide bonds. The molecule has 5 nitrogen and oxygen atoms in total. The molecule has 2 N–H and O–H groups in total. The lowest BCUT2D eigenvalue weighted by Crippen LogP contribution is -2.13. The quantitative estimate of drug-likeness (QED) is 0.783. The van der Waals surface area contributed by atoms with Crippen LogP contribution in [0.1, 0.15) is 22.3 Å². The van der Waals surface area contributed by atoms with E-state index in [0.29, 0.717) is 11.0 Å². The van der Waals surface area contributed by atoms with Gasteiger partial charge in [-0.05, 0) is 26.0 Å². The Morgan fingerprint density at radius 1 is 1.32 bits per heavy atom. The minimum Gasteiger partial charge on any atom is -0.481 e. The number of halogens is 1. The van der Waals surface area contributed by atoms with Crippen LogP contribution >= 0.6 is 23.4 Å². The van der Waals surface area contributed by atoms with Gasteiger partial charge in [0.25, 0.3) is 0 Å². The number of aliphatic carboxylic acids is 1. The lowest BCUT2D eigenvalue weighted by molar-refractivity contribution is -0.133. The molecule has 0 aliphatic rings. The Morgan fingerprint density at radius 2 is 1.95 bits per heavy atom. The van der Waals surface area contributed by atoms with E-state index in [-0.39, 0.29) is 11.1 Å². The Balaban J connectivity index is 2.28. The van der Waals surface area contributed by atoms with Crippen molar-refractivity contribution in [1.82, 2.24) is 9.97 Å². The number of hydrogen-bond acceptors (Lipinski definition) is 5. The highest BCUT2D eigenvalue weighted by atomic mass is 35.5. The molecule has 0 spiro atoms. The van der Waals surface area contributed by atoms with E-state index in [1.54, 1.807) is 6.07 Å². The van der Waals surface area contributed by atoms with Crippen LogP contribution in [0.5, 0.6) is 0 Å². The van der Waals surface area contributed by atoms with Crippen molar-refractivity contribution in [2.75, 3.05) is 11.1 Å². The molecule has 0 radical (unpaired) electrons. The second-order valence-corrected chi connectivity index (χ2v) is 6.23. The summed E-state index contributed by atoms with van der Waals surface area (Å²) in [6.07, 6.45) is 0. The highest BCUT2D eigenvalue weighted by Gasteiger charge is 2.18. The van der Waals surface area contributed by atoms with Crippen molar-refractivity contribution in [3.63, 3.8) is 0 Å². The van der Waals surface area contributed by atoms with Gasteiger partial charge in [0.1, 0.15) is 5.37 Å². The molecule has 1 unspecified atom stereocenters. The summed E-state index contributed by atoms with van der Waals surface area (Å²) in [7, 11) is 0.